The summed E-state index contributed by atoms with van der Waals surface area (Å²) in [7, 11) is 3.07. The van der Waals surface area contributed by atoms with Gasteiger partial charge in [-0.05, 0) is 5.56 Å². The van der Waals surface area contributed by atoms with Gasteiger partial charge in [0.05, 0.1) is 25.9 Å². The standard InChI is InChI=1S/C21H27N5O4/c1-23-19-18(20(28)24(2)21(23)29)26(14-16(27)13-25-8-10-30-11-9-25)17(22-19)12-15-6-4-3-5-7-15/h3-7,16,27H,8-14H2,1-2H3/t16-/m0/s1. The second-order valence-electron chi connectivity index (χ2n) is 7.75. The maximum atomic E-state index is 12.9. The van der Waals surface area contributed by atoms with E-state index in [1.165, 1.54) is 11.6 Å². The Balaban J connectivity index is 1.75. The molecule has 0 radical (unpaired) electrons. The molecule has 1 aliphatic rings. The van der Waals surface area contributed by atoms with Crippen molar-refractivity contribution in [3.8, 4) is 0 Å². The molecule has 0 saturated carbocycles. The number of ether oxygens (including phenoxy) is 1. The lowest BCUT2D eigenvalue weighted by molar-refractivity contribution is 0.0116. The van der Waals surface area contributed by atoms with Crippen LogP contribution in [-0.2, 0) is 31.8 Å². The summed E-state index contributed by atoms with van der Waals surface area (Å²) < 4.78 is 9.61. The fourth-order valence-electron chi connectivity index (χ4n) is 3.95. The predicted molar refractivity (Wildman–Crippen MR) is 113 cm³/mol. The van der Waals surface area contributed by atoms with E-state index in [-0.39, 0.29) is 6.54 Å². The average molecular weight is 413 g/mol. The molecule has 1 N–H and O–H groups in total. The number of aliphatic hydroxyl groups is 1. The zero-order chi connectivity index (χ0) is 21.3. The summed E-state index contributed by atoms with van der Waals surface area (Å²) in [6.45, 7) is 3.57. The predicted octanol–water partition coefficient (Wildman–Crippen LogP) is -0.282. The van der Waals surface area contributed by atoms with E-state index in [1.807, 2.05) is 30.3 Å². The molecule has 1 atom stereocenters. The van der Waals surface area contributed by atoms with Crippen molar-refractivity contribution in [2.45, 2.75) is 19.1 Å². The van der Waals surface area contributed by atoms with E-state index in [0.717, 1.165) is 23.2 Å². The number of benzene rings is 1. The van der Waals surface area contributed by atoms with E-state index >= 15 is 0 Å². The van der Waals surface area contributed by atoms with Gasteiger partial charge in [0.15, 0.2) is 11.2 Å². The molecular weight excluding hydrogens is 386 g/mol. The number of aryl methyl sites for hydroxylation is 1. The fraction of sp³-hybridized carbons (Fsp3) is 0.476. The van der Waals surface area contributed by atoms with Crippen LogP contribution in [-0.4, -0.2) is 67.6 Å². The number of fused-ring (bicyclic) bond motifs is 1. The zero-order valence-electron chi connectivity index (χ0n) is 17.3. The van der Waals surface area contributed by atoms with E-state index in [4.69, 9.17) is 4.74 Å². The third-order valence-corrected chi connectivity index (χ3v) is 5.60. The minimum Gasteiger partial charge on any atom is -0.390 e. The van der Waals surface area contributed by atoms with Gasteiger partial charge in [-0.15, -0.1) is 0 Å². The fourth-order valence-corrected chi connectivity index (χ4v) is 3.95. The first-order valence-electron chi connectivity index (χ1n) is 10.1. The maximum absolute atomic E-state index is 12.9. The molecule has 9 nitrogen and oxygen atoms in total. The van der Waals surface area contributed by atoms with Gasteiger partial charge in [-0.25, -0.2) is 9.78 Å². The Morgan fingerprint density at radius 1 is 1.07 bits per heavy atom. The van der Waals surface area contributed by atoms with Gasteiger partial charge in [0, 0.05) is 40.2 Å². The number of hydrogen-bond donors (Lipinski definition) is 1. The minimum absolute atomic E-state index is 0.226. The van der Waals surface area contributed by atoms with Crippen LogP contribution in [0.4, 0.5) is 0 Å². The largest absolute Gasteiger partial charge is 0.390 e. The Kier molecular flexibility index (Phi) is 5.85. The van der Waals surface area contributed by atoms with Gasteiger partial charge in [-0.3, -0.25) is 18.8 Å². The lowest BCUT2D eigenvalue weighted by Crippen LogP contribution is -2.42. The Morgan fingerprint density at radius 3 is 2.47 bits per heavy atom. The summed E-state index contributed by atoms with van der Waals surface area (Å²) in [5, 5.41) is 10.8. The maximum Gasteiger partial charge on any atom is 0.332 e. The molecule has 30 heavy (non-hydrogen) atoms. The highest BCUT2D eigenvalue weighted by Crippen LogP contribution is 2.16. The van der Waals surface area contributed by atoms with Crippen LogP contribution in [0.5, 0.6) is 0 Å². The van der Waals surface area contributed by atoms with Crippen LogP contribution in [0.1, 0.15) is 11.4 Å². The SMILES string of the molecule is Cn1c(=O)c2c(nc(Cc3ccccc3)n2C[C@@H](O)CN2CCOCC2)n(C)c1=O. The topological polar surface area (TPSA) is 94.5 Å². The summed E-state index contributed by atoms with van der Waals surface area (Å²) in [4.78, 5) is 32.1. The van der Waals surface area contributed by atoms with Crippen molar-refractivity contribution in [3.05, 3.63) is 62.6 Å². The van der Waals surface area contributed by atoms with Gasteiger partial charge < -0.3 is 14.4 Å². The van der Waals surface area contributed by atoms with Gasteiger partial charge >= 0.3 is 5.69 Å². The number of rotatable bonds is 6. The second-order valence-corrected chi connectivity index (χ2v) is 7.75. The number of morpholine rings is 1. The number of aromatic nitrogens is 4. The number of aliphatic hydroxyl groups excluding tert-OH is 1. The Hall–Kier alpha value is -2.75. The molecule has 1 saturated heterocycles. The Morgan fingerprint density at radius 2 is 1.77 bits per heavy atom. The average Bonchev–Trinajstić information content (AvgIpc) is 3.10. The lowest BCUT2D eigenvalue weighted by atomic mass is 10.1. The van der Waals surface area contributed by atoms with Gasteiger partial charge in [-0.1, -0.05) is 30.3 Å². The molecule has 4 rings (SSSR count). The van der Waals surface area contributed by atoms with E-state index in [9.17, 15) is 14.7 Å². The second kappa shape index (κ2) is 8.55. The van der Waals surface area contributed by atoms with Crippen LogP contribution in [0.25, 0.3) is 11.2 Å². The normalized spacial score (nSPS) is 16.2. The van der Waals surface area contributed by atoms with Gasteiger partial charge in [0.25, 0.3) is 5.56 Å². The van der Waals surface area contributed by atoms with Gasteiger partial charge in [0.1, 0.15) is 5.82 Å². The first kappa shape index (κ1) is 20.5. The first-order chi connectivity index (χ1) is 14.5. The van der Waals surface area contributed by atoms with Gasteiger partial charge in [-0.2, -0.15) is 0 Å². The number of imidazole rings is 1. The summed E-state index contributed by atoms with van der Waals surface area (Å²) in [6.07, 6.45) is -0.186. The van der Waals surface area contributed by atoms with E-state index < -0.39 is 17.4 Å². The van der Waals surface area contributed by atoms with Crippen molar-refractivity contribution in [3.63, 3.8) is 0 Å². The van der Waals surface area contributed by atoms with Crippen molar-refractivity contribution in [1.29, 1.82) is 0 Å². The van der Waals surface area contributed by atoms with Crippen molar-refractivity contribution in [1.82, 2.24) is 23.6 Å². The molecule has 3 aromatic rings. The summed E-state index contributed by atoms with van der Waals surface area (Å²) in [5.41, 5.74) is 0.897. The third kappa shape index (κ3) is 3.96. The molecule has 0 spiro atoms. The van der Waals surface area contributed by atoms with Crippen LogP contribution in [0.2, 0.25) is 0 Å². The quantitative estimate of drug-likeness (QED) is 0.597. The molecule has 0 amide bonds. The highest BCUT2D eigenvalue weighted by atomic mass is 16.5. The molecule has 0 unspecified atom stereocenters. The van der Waals surface area contributed by atoms with Gasteiger partial charge in [0.2, 0.25) is 0 Å². The highest BCUT2D eigenvalue weighted by Gasteiger charge is 2.22. The lowest BCUT2D eigenvalue weighted by Gasteiger charge is -2.28. The molecule has 0 bridgehead atoms. The third-order valence-electron chi connectivity index (χ3n) is 5.60. The van der Waals surface area contributed by atoms with Crippen molar-refractivity contribution < 1.29 is 9.84 Å². The number of hydrogen-bond acceptors (Lipinski definition) is 6. The molecule has 1 aliphatic heterocycles. The van der Waals surface area contributed by atoms with E-state index in [0.29, 0.717) is 43.2 Å². The smallest absolute Gasteiger partial charge is 0.332 e. The van der Waals surface area contributed by atoms with Crippen LogP contribution >= 0.6 is 0 Å². The molecule has 1 fully saturated rings. The molecule has 160 valence electrons. The van der Waals surface area contributed by atoms with Crippen LogP contribution in [0.3, 0.4) is 0 Å². The Labute approximate surface area is 173 Å². The minimum atomic E-state index is -0.683. The van der Waals surface area contributed by atoms with Crippen molar-refractivity contribution in [2.24, 2.45) is 14.1 Å². The summed E-state index contributed by atoms with van der Waals surface area (Å²) in [6, 6.07) is 9.82. The summed E-state index contributed by atoms with van der Waals surface area (Å²) in [5.74, 6) is 0.649. The van der Waals surface area contributed by atoms with Crippen LogP contribution in [0.15, 0.2) is 39.9 Å². The molecule has 9 heteroatoms. The van der Waals surface area contributed by atoms with Crippen LogP contribution in [0, 0.1) is 0 Å². The van der Waals surface area contributed by atoms with Crippen molar-refractivity contribution in [2.75, 3.05) is 32.8 Å². The molecule has 2 aromatic heterocycles. The van der Waals surface area contributed by atoms with E-state index in [1.54, 1.807) is 11.6 Å². The zero-order valence-corrected chi connectivity index (χ0v) is 17.3. The molecule has 3 heterocycles. The van der Waals surface area contributed by atoms with Crippen LogP contribution < -0.4 is 11.2 Å². The van der Waals surface area contributed by atoms with Crippen molar-refractivity contribution >= 4 is 11.2 Å². The molecule has 0 aliphatic carbocycles. The number of β-amino-alcohol motifs (C(OH)–C–C–N with tert-alkyl or cyclic N) is 1. The highest BCUT2D eigenvalue weighted by molar-refractivity contribution is 5.71. The monoisotopic (exact) mass is 413 g/mol. The summed E-state index contributed by atoms with van der Waals surface area (Å²) >= 11 is 0. The Bertz CT molecular complexity index is 1140. The molecule has 1 aromatic carbocycles. The number of nitrogens with zero attached hydrogens (tertiary/aromatic N) is 5. The molecular formula is C21H27N5O4. The van der Waals surface area contributed by atoms with E-state index in [2.05, 4.69) is 9.88 Å². The first-order valence-corrected chi connectivity index (χ1v) is 10.1.